The van der Waals surface area contributed by atoms with Gasteiger partial charge in [0.1, 0.15) is 5.69 Å². The van der Waals surface area contributed by atoms with Crippen molar-refractivity contribution in [3.8, 4) is 11.5 Å². The molecule has 0 spiro atoms. The number of para-hydroxylation sites is 2. The van der Waals surface area contributed by atoms with Crippen LogP contribution in [-0.2, 0) is 37.1 Å². The van der Waals surface area contributed by atoms with Crippen molar-refractivity contribution in [1.29, 1.82) is 0 Å². The van der Waals surface area contributed by atoms with Gasteiger partial charge in [0.25, 0.3) is 5.56 Å². The predicted octanol–water partition coefficient (Wildman–Crippen LogP) is 4.17. The molecule has 1 aliphatic rings. The Hall–Kier alpha value is -4.13. The minimum atomic E-state index is -0.122. The number of carbonyl (C=O) groups excluding carboxylic acids is 1. The Morgan fingerprint density at radius 1 is 0.919 bits per heavy atom. The van der Waals surface area contributed by atoms with Crippen LogP contribution >= 0.6 is 0 Å². The number of benzene rings is 3. The maximum Gasteiger partial charge on any atom is 0.272 e. The highest BCUT2D eigenvalue weighted by Gasteiger charge is 2.23. The minimum absolute atomic E-state index is 0.0191. The molecule has 0 unspecified atom stereocenters. The molecule has 0 atom stereocenters. The summed E-state index contributed by atoms with van der Waals surface area (Å²) in [4.78, 5) is 33.1. The van der Waals surface area contributed by atoms with Gasteiger partial charge >= 0.3 is 0 Å². The average molecular weight is 498 g/mol. The van der Waals surface area contributed by atoms with E-state index in [1.165, 1.54) is 11.1 Å². The van der Waals surface area contributed by atoms with E-state index in [0.29, 0.717) is 43.2 Å². The van der Waals surface area contributed by atoms with E-state index in [2.05, 4.69) is 17.1 Å². The first-order valence-corrected chi connectivity index (χ1v) is 12.6. The first-order chi connectivity index (χ1) is 18.1. The van der Waals surface area contributed by atoms with E-state index in [0.717, 1.165) is 29.4 Å². The van der Waals surface area contributed by atoms with Crippen LogP contribution in [0, 0.1) is 0 Å². The molecule has 0 saturated carbocycles. The summed E-state index contributed by atoms with van der Waals surface area (Å²) in [6.07, 6.45) is 2.04. The van der Waals surface area contributed by atoms with Crippen molar-refractivity contribution >= 4 is 16.9 Å². The van der Waals surface area contributed by atoms with Crippen LogP contribution in [0.2, 0.25) is 0 Å². The van der Waals surface area contributed by atoms with Crippen LogP contribution in [0.3, 0.4) is 0 Å². The monoisotopic (exact) mass is 497 g/mol. The van der Waals surface area contributed by atoms with Gasteiger partial charge in [-0.2, -0.15) is 0 Å². The third-order valence-corrected chi connectivity index (χ3v) is 7.03. The molecular formula is C30H31N3O4. The number of aromatic nitrogens is 2. The molecule has 0 N–H and O–H groups in total. The van der Waals surface area contributed by atoms with E-state index in [1.807, 2.05) is 59.5 Å². The van der Waals surface area contributed by atoms with Crippen LogP contribution in [0.4, 0.5) is 0 Å². The van der Waals surface area contributed by atoms with Crippen molar-refractivity contribution in [2.75, 3.05) is 20.8 Å². The van der Waals surface area contributed by atoms with Gasteiger partial charge in [-0.3, -0.25) is 9.59 Å². The summed E-state index contributed by atoms with van der Waals surface area (Å²) in [6, 6.07) is 21.8. The molecule has 1 amide bonds. The zero-order valence-corrected chi connectivity index (χ0v) is 21.3. The van der Waals surface area contributed by atoms with E-state index in [-0.39, 0.29) is 17.9 Å². The Kier molecular flexibility index (Phi) is 7.21. The quantitative estimate of drug-likeness (QED) is 0.365. The molecule has 4 aromatic rings. The molecule has 7 heteroatoms. The van der Waals surface area contributed by atoms with E-state index in [4.69, 9.17) is 9.47 Å². The van der Waals surface area contributed by atoms with Crippen molar-refractivity contribution in [2.45, 2.75) is 38.8 Å². The standard InChI is InChI=1S/C30H31N3O4/c1-36-27-18-22-15-16-32(20-23(22)19-28(27)37-2)29(34)13-12-25-30(35)33(17-14-21-8-4-3-5-9-21)26-11-7-6-10-24(26)31-25/h3-11,18-19H,12-17,20H2,1-2H3. The summed E-state index contributed by atoms with van der Waals surface area (Å²) in [6.45, 7) is 1.70. The number of hydrogen-bond acceptors (Lipinski definition) is 5. The molecule has 0 saturated heterocycles. The number of ether oxygens (including phenoxy) is 2. The number of nitrogens with zero attached hydrogens (tertiary/aromatic N) is 3. The first-order valence-electron chi connectivity index (χ1n) is 12.6. The molecule has 3 aromatic carbocycles. The number of carbonyl (C=O) groups is 1. The van der Waals surface area contributed by atoms with Crippen LogP contribution in [0.1, 0.15) is 28.8 Å². The van der Waals surface area contributed by atoms with Crippen molar-refractivity contribution in [2.24, 2.45) is 0 Å². The molecule has 37 heavy (non-hydrogen) atoms. The van der Waals surface area contributed by atoms with E-state index >= 15 is 0 Å². The number of rotatable bonds is 8. The van der Waals surface area contributed by atoms with E-state index in [9.17, 15) is 9.59 Å². The second kappa shape index (κ2) is 10.9. The van der Waals surface area contributed by atoms with Crippen molar-refractivity contribution in [1.82, 2.24) is 14.5 Å². The lowest BCUT2D eigenvalue weighted by molar-refractivity contribution is -0.132. The summed E-state index contributed by atoms with van der Waals surface area (Å²) in [5.74, 6) is 1.38. The molecule has 0 radical (unpaired) electrons. The molecule has 5 rings (SSSR count). The SMILES string of the molecule is COc1cc2c(cc1OC)CN(C(=O)CCc1nc3ccccc3n(CCc3ccccc3)c1=O)CC2. The minimum Gasteiger partial charge on any atom is -0.493 e. The Morgan fingerprint density at radius 3 is 2.38 bits per heavy atom. The van der Waals surface area contributed by atoms with Gasteiger partial charge in [0, 0.05) is 32.5 Å². The molecule has 1 aliphatic heterocycles. The van der Waals surface area contributed by atoms with Gasteiger partial charge < -0.3 is 18.9 Å². The molecule has 1 aromatic heterocycles. The zero-order valence-electron chi connectivity index (χ0n) is 21.3. The maximum atomic E-state index is 13.4. The lowest BCUT2D eigenvalue weighted by atomic mass is 9.98. The predicted molar refractivity (Wildman–Crippen MR) is 143 cm³/mol. The van der Waals surface area contributed by atoms with Crippen LogP contribution in [0.5, 0.6) is 11.5 Å². The number of fused-ring (bicyclic) bond motifs is 2. The van der Waals surface area contributed by atoms with Crippen molar-refractivity contribution < 1.29 is 14.3 Å². The highest BCUT2D eigenvalue weighted by Crippen LogP contribution is 2.33. The fourth-order valence-electron chi connectivity index (χ4n) is 5.00. The van der Waals surface area contributed by atoms with Gasteiger partial charge in [-0.25, -0.2) is 4.98 Å². The van der Waals surface area contributed by atoms with Gasteiger partial charge in [-0.05, 0) is 53.8 Å². The molecule has 7 nitrogen and oxygen atoms in total. The van der Waals surface area contributed by atoms with E-state index in [1.54, 1.807) is 18.8 Å². The van der Waals surface area contributed by atoms with Crippen molar-refractivity contribution in [3.05, 3.63) is 99.5 Å². The number of aryl methyl sites for hydroxylation is 3. The normalized spacial score (nSPS) is 12.9. The topological polar surface area (TPSA) is 73.7 Å². The summed E-state index contributed by atoms with van der Waals surface area (Å²) >= 11 is 0. The second-order valence-electron chi connectivity index (χ2n) is 9.28. The Labute approximate surface area is 216 Å². The number of hydrogen-bond donors (Lipinski definition) is 0. The van der Waals surface area contributed by atoms with Crippen molar-refractivity contribution in [3.63, 3.8) is 0 Å². The Bertz CT molecular complexity index is 1480. The molecule has 2 heterocycles. The maximum absolute atomic E-state index is 13.4. The van der Waals surface area contributed by atoms with Crippen LogP contribution < -0.4 is 15.0 Å². The summed E-state index contributed by atoms with van der Waals surface area (Å²) in [5, 5.41) is 0. The second-order valence-corrected chi connectivity index (χ2v) is 9.28. The van der Waals surface area contributed by atoms with Gasteiger partial charge in [-0.15, -0.1) is 0 Å². The third-order valence-electron chi connectivity index (χ3n) is 7.03. The summed E-state index contributed by atoms with van der Waals surface area (Å²) in [5.41, 5.74) is 5.29. The molecule has 190 valence electrons. The fourth-order valence-corrected chi connectivity index (χ4v) is 5.00. The zero-order chi connectivity index (χ0) is 25.8. The number of amides is 1. The lowest BCUT2D eigenvalue weighted by Gasteiger charge is -2.29. The van der Waals surface area contributed by atoms with Crippen LogP contribution in [0.15, 0.2) is 71.5 Å². The van der Waals surface area contributed by atoms with Gasteiger partial charge in [0.15, 0.2) is 11.5 Å². The Balaban J connectivity index is 1.32. The molecule has 0 fully saturated rings. The summed E-state index contributed by atoms with van der Waals surface area (Å²) in [7, 11) is 3.23. The van der Waals surface area contributed by atoms with Gasteiger partial charge in [0.05, 0.1) is 25.3 Å². The van der Waals surface area contributed by atoms with Gasteiger partial charge in [-0.1, -0.05) is 42.5 Å². The highest BCUT2D eigenvalue weighted by molar-refractivity contribution is 5.77. The first kappa shape index (κ1) is 24.6. The molecule has 0 bridgehead atoms. The largest absolute Gasteiger partial charge is 0.493 e. The van der Waals surface area contributed by atoms with Crippen LogP contribution in [0.25, 0.3) is 11.0 Å². The average Bonchev–Trinajstić information content (AvgIpc) is 2.94. The molecule has 0 aliphatic carbocycles. The Morgan fingerprint density at radius 2 is 1.62 bits per heavy atom. The van der Waals surface area contributed by atoms with Crippen LogP contribution in [-0.4, -0.2) is 41.1 Å². The fraction of sp³-hybridized carbons (Fsp3) is 0.300. The van der Waals surface area contributed by atoms with E-state index < -0.39 is 0 Å². The third kappa shape index (κ3) is 5.21. The molecular weight excluding hydrogens is 466 g/mol. The smallest absolute Gasteiger partial charge is 0.272 e. The number of methoxy groups -OCH3 is 2. The lowest BCUT2D eigenvalue weighted by Crippen LogP contribution is -2.36. The van der Waals surface area contributed by atoms with Gasteiger partial charge in [0.2, 0.25) is 5.91 Å². The highest BCUT2D eigenvalue weighted by atomic mass is 16.5. The summed E-state index contributed by atoms with van der Waals surface area (Å²) < 4.78 is 12.6.